The lowest BCUT2D eigenvalue weighted by Crippen LogP contribution is -2.45. The van der Waals surface area contributed by atoms with Crippen molar-refractivity contribution in [1.29, 1.82) is 0 Å². The number of sulfonamides is 1. The maximum absolute atomic E-state index is 13.6. The minimum atomic E-state index is -4.10. The van der Waals surface area contributed by atoms with Crippen LogP contribution in [-0.2, 0) is 14.8 Å². The highest BCUT2D eigenvalue weighted by Crippen LogP contribution is 2.35. The molecule has 0 heterocycles. The molecule has 0 spiro atoms. The van der Waals surface area contributed by atoms with Crippen molar-refractivity contribution in [3.8, 4) is 17.2 Å². The fraction of sp³-hybridized carbons (Fsp3) is 0.269. The van der Waals surface area contributed by atoms with Gasteiger partial charge >= 0.3 is 0 Å². The van der Waals surface area contributed by atoms with E-state index in [2.05, 4.69) is 5.32 Å². The minimum absolute atomic E-state index is 0.0495. The molecule has 1 atom stereocenters. The average molecular weight is 499 g/mol. The van der Waals surface area contributed by atoms with Crippen LogP contribution in [0.5, 0.6) is 17.2 Å². The molecule has 3 aromatic carbocycles. The molecular weight excluding hydrogens is 468 g/mol. The van der Waals surface area contributed by atoms with E-state index in [1.54, 1.807) is 37.3 Å². The number of ether oxygens (including phenoxy) is 3. The van der Waals surface area contributed by atoms with Crippen molar-refractivity contribution in [2.75, 3.05) is 31.7 Å². The van der Waals surface area contributed by atoms with Crippen molar-refractivity contribution in [3.05, 3.63) is 78.4 Å². The SMILES string of the molecule is COc1ccc(OC)c(N(CC(=O)NC(C)COc2ccc(C)cc2)S(=O)(=O)c2ccccc2)c1. The highest BCUT2D eigenvalue weighted by atomic mass is 32.2. The van der Waals surface area contributed by atoms with E-state index in [9.17, 15) is 13.2 Å². The third kappa shape index (κ3) is 6.66. The lowest BCUT2D eigenvalue weighted by atomic mass is 10.2. The van der Waals surface area contributed by atoms with Gasteiger partial charge in [-0.1, -0.05) is 35.9 Å². The number of nitrogens with zero attached hydrogens (tertiary/aromatic N) is 1. The summed E-state index contributed by atoms with van der Waals surface area (Å²) in [5.74, 6) is 0.906. The zero-order valence-electron chi connectivity index (χ0n) is 20.2. The molecule has 35 heavy (non-hydrogen) atoms. The molecule has 0 radical (unpaired) electrons. The largest absolute Gasteiger partial charge is 0.497 e. The number of benzene rings is 3. The van der Waals surface area contributed by atoms with E-state index in [1.165, 1.54) is 32.4 Å². The lowest BCUT2D eigenvalue weighted by molar-refractivity contribution is -0.120. The first kappa shape index (κ1) is 25.9. The Bertz CT molecular complexity index is 1230. The second-order valence-corrected chi connectivity index (χ2v) is 9.82. The van der Waals surface area contributed by atoms with Crippen molar-refractivity contribution in [3.63, 3.8) is 0 Å². The first-order valence-corrected chi connectivity index (χ1v) is 12.5. The summed E-state index contributed by atoms with van der Waals surface area (Å²) in [6.45, 7) is 3.53. The van der Waals surface area contributed by atoms with E-state index in [0.29, 0.717) is 11.5 Å². The molecular formula is C26H30N2O6S. The number of nitrogens with one attached hydrogen (secondary N) is 1. The molecule has 1 N–H and O–H groups in total. The number of methoxy groups -OCH3 is 2. The van der Waals surface area contributed by atoms with Gasteiger partial charge in [0.05, 0.1) is 30.8 Å². The zero-order chi connectivity index (χ0) is 25.4. The van der Waals surface area contributed by atoms with Crippen LogP contribution in [0.3, 0.4) is 0 Å². The van der Waals surface area contributed by atoms with Crippen molar-refractivity contribution in [2.45, 2.75) is 24.8 Å². The van der Waals surface area contributed by atoms with Crippen LogP contribution in [0.2, 0.25) is 0 Å². The third-order valence-electron chi connectivity index (χ3n) is 5.20. The van der Waals surface area contributed by atoms with E-state index >= 15 is 0 Å². The van der Waals surface area contributed by atoms with Crippen molar-refractivity contribution in [2.24, 2.45) is 0 Å². The highest BCUT2D eigenvalue weighted by molar-refractivity contribution is 7.92. The molecule has 9 heteroatoms. The summed E-state index contributed by atoms with van der Waals surface area (Å²) in [6.07, 6.45) is 0. The quantitative estimate of drug-likeness (QED) is 0.432. The summed E-state index contributed by atoms with van der Waals surface area (Å²) in [5, 5.41) is 2.81. The minimum Gasteiger partial charge on any atom is -0.497 e. The van der Waals surface area contributed by atoms with Gasteiger partial charge in [-0.05, 0) is 50.2 Å². The van der Waals surface area contributed by atoms with Gasteiger partial charge in [-0.25, -0.2) is 8.42 Å². The topological polar surface area (TPSA) is 94.2 Å². The monoisotopic (exact) mass is 498 g/mol. The summed E-state index contributed by atoms with van der Waals surface area (Å²) < 4.78 is 44.6. The average Bonchev–Trinajstić information content (AvgIpc) is 2.87. The summed E-state index contributed by atoms with van der Waals surface area (Å²) in [4.78, 5) is 13.0. The summed E-state index contributed by atoms with van der Waals surface area (Å²) in [6, 6.07) is 19.9. The maximum Gasteiger partial charge on any atom is 0.264 e. The fourth-order valence-electron chi connectivity index (χ4n) is 3.36. The number of hydrogen-bond acceptors (Lipinski definition) is 6. The number of carbonyl (C=O) groups is 1. The number of anilines is 1. The smallest absolute Gasteiger partial charge is 0.264 e. The van der Waals surface area contributed by atoms with E-state index in [4.69, 9.17) is 14.2 Å². The molecule has 3 aromatic rings. The molecule has 186 valence electrons. The van der Waals surface area contributed by atoms with Crippen LogP contribution < -0.4 is 23.8 Å². The molecule has 0 bridgehead atoms. The standard InChI is InChI=1S/C26H30N2O6S/c1-19-10-12-21(13-11-19)34-18-20(2)27-26(29)17-28(35(30,31)23-8-6-5-7-9-23)24-16-22(32-3)14-15-25(24)33-4/h5-16,20H,17-18H2,1-4H3,(H,27,29). The van der Waals surface area contributed by atoms with E-state index < -0.39 is 22.5 Å². The predicted octanol–water partition coefficient (Wildman–Crippen LogP) is 3.79. The van der Waals surface area contributed by atoms with Gasteiger partial charge in [0.1, 0.15) is 30.4 Å². The summed E-state index contributed by atoms with van der Waals surface area (Å²) in [7, 11) is -1.19. The first-order valence-electron chi connectivity index (χ1n) is 11.0. The van der Waals surface area contributed by atoms with Crippen LogP contribution in [0.1, 0.15) is 12.5 Å². The van der Waals surface area contributed by atoms with Crippen LogP contribution in [0, 0.1) is 6.92 Å². The van der Waals surface area contributed by atoms with Crippen LogP contribution in [0.25, 0.3) is 0 Å². The first-order chi connectivity index (χ1) is 16.7. The Balaban J connectivity index is 1.83. The Morgan fingerprint density at radius 1 is 0.943 bits per heavy atom. The normalized spacial score (nSPS) is 11.9. The Morgan fingerprint density at radius 3 is 2.23 bits per heavy atom. The Hall–Kier alpha value is -3.72. The van der Waals surface area contributed by atoms with Crippen LogP contribution in [-0.4, -0.2) is 47.7 Å². The number of rotatable bonds is 11. The number of carbonyl (C=O) groups excluding carboxylic acids is 1. The van der Waals surface area contributed by atoms with E-state index in [0.717, 1.165) is 9.87 Å². The van der Waals surface area contributed by atoms with Crippen LogP contribution in [0.4, 0.5) is 5.69 Å². The molecule has 0 aliphatic rings. The van der Waals surface area contributed by atoms with Crippen LogP contribution in [0.15, 0.2) is 77.7 Å². The van der Waals surface area contributed by atoms with Gasteiger partial charge in [-0.2, -0.15) is 0 Å². The summed E-state index contributed by atoms with van der Waals surface area (Å²) >= 11 is 0. The zero-order valence-corrected chi connectivity index (χ0v) is 21.0. The van der Waals surface area contributed by atoms with E-state index in [-0.39, 0.29) is 29.0 Å². The van der Waals surface area contributed by atoms with Crippen molar-refractivity contribution < 1.29 is 27.4 Å². The molecule has 0 saturated carbocycles. The summed E-state index contributed by atoms with van der Waals surface area (Å²) in [5.41, 5.74) is 1.31. The van der Waals surface area contributed by atoms with Crippen LogP contribution >= 0.6 is 0 Å². The van der Waals surface area contributed by atoms with Gasteiger partial charge in [0.2, 0.25) is 5.91 Å². The fourth-order valence-corrected chi connectivity index (χ4v) is 4.80. The third-order valence-corrected chi connectivity index (χ3v) is 6.98. The number of aryl methyl sites for hydroxylation is 1. The Labute approximate surface area is 206 Å². The molecule has 0 fully saturated rings. The van der Waals surface area contributed by atoms with Gasteiger partial charge < -0.3 is 19.5 Å². The van der Waals surface area contributed by atoms with Gasteiger partial charge in [0.15, 0.2) is 0 Å². The van der Waals surface area contributed by atoms with Gasteiger partial charge in [-0.15, -0.1) is 0 Å². The molecule has 0 aliphatic carbocycles. The second kappa shape index (κ2) is 11.6. The molecule has 0 aromatic heterocycles. The predicted molar refractivity (Wildman–Crippen MR) is 135 cm³/mol. The molecule has 0 saturated heterocycles. The highest BCUT2D eigenvalue weighted by Gasteiger charge is 2.30. The molecule has 0 aliphatic heterocycles. The maximum atomic E-state index is 13.6. The molecule has 1 amide bonds. The van der Waals surface area contributed by atoms with Gasteiger partial charge in [-0.3, -0.25) is 9.10 Å². The van der Waals surface area contributed by atoms with Crippen molar-refractivity contribution >= 4 is 21.6 Å². The molecule has 1 unspecified atom stereocenters. The molecule has 3 rings (SSSR count). The van der Waals surface area contributed by atoms with Crippen molar-refractivity contribution in [1.82, 2.24) is 5.32 Å². The Morgan fingerprint density at radius 2 is 1.60 bits per heavy atom. The lowest BCUT2D eigenvalue weighted by Gasteiger charge is -2.26. The Kier molecular flexibility index (Phi) is 8.59. The number of hydrogen-bond donors (Lipinski definition) is 1. The number of amides is 1. The second-order valence-electron chi connectivity index (χ2n) is 7.96. The molecule has 8 nitrogen and oxygen atoms in total. The van der Waals surface area contributed by atoms with Gasteiger partial charge in [0.25, 0.3) is 10.0 Å². The van der Waals surface area contributed by atoms with E-state index in [1.807, 2.05) is 31.2 Å². The van der Waals surface area contributed by atoms with Gasteiger partial charge in [0, 0.05) is 6.07 Å².